The van der Waals surface area contributed by atoms with Gasteiger partial charge in [-0.15, -0.1) is 0 Å². The van der Waals surface area contributed by atoms with Crippen LogP contribution in [0, 0.1) is 3.57 Å². The van der Waals surface area contributed by atoms with Gasteiger partial charge in [-0.3, -0.25) is 4.79 Å². The third-order valence-electron chi connectivity index (χ3n) is 5.72. The molecule has 12 nitrogen and oxygen atoms in total. The van der Waals surface area contributed by atoms with Crippen LogP contribution < -0.4 is 35.0 Å². The molecule has 2 aromatic rings. The van der Waals surface area contributed by atoms with Crippen molar-refractivity contribution in [1.29, 1.82) is 0 Å². The van der Waals surface area contributed by atoms with Crippen LogP contribution in [0.5, 0.6) is 23.0 Å². The fourth-order valence-electron chi connectivity index (χ4n) is 3.97. The van der Waals surface area contributed by atoms with Crippen molar-refractivity contribution in [2.45, 2.75) is 26.8 Å². The smallest absolute Gasteiger partial charge is 0.338 e. The molecule has 2 aromatic carbocycles. The molecule has 0 radical (unpaired) electrons. The van der Waals surface area contributed by atoms with Gasteiger partial charge in [0, 0.05) is 5.70 Å². The average molecular weight is 693 g/mol. The van der Waals surface area contributed by atoms with Crippen LogP contribution in [0.2, 0.25) is 0 Å². The number of halogens is 1. The minimum absolute atomic E-state index is 0.184. The SMILES string of the molecule is C=CCOc1c(I)cc(/C=N/NC(=O)COc2ccc([C@H]3NC(=O)NC(C)=C3C(=O)OCC)cc2OC)cc1OCC. The number of urea groups is 1. The van der Waals surface area contributed by atoms with Crippen LogP contribution in [0.25, 0.3) is 0 Å². The maximum absolute atomic E-state index is 12.6. The molecule has 0 saturated carbocycles. The molecule has 3 amide bonds. The first-order valence-electron chi connectivity index (χ1n) is 13.0. The maximum atomic E-state index is 12.6. The molecule has 0 fully saturated rings. The molecule has 42 heavy (non-hydrogen) atoms. The number of hydrogen-bond donors (Lipinski definition) is 3. The van der Waals surface area contributed by atoms with Gasteiger partial charge in [0.1, 0.15) is 6.61 Å². The lowest BCUT2D eigenvalue weighted by molar-refractivity contribution is -0.139. The Morgan fingerprint density at radius 2 is 1.88 bits per heavy atom. The van der Waals surface area contributed by atoms with Crippen LogP contribution in [0.3, 0.4) is 0 Å². The first kappa shape index (κ1) is 32.2. The number of carbonyl (C=O) groups is 3. The number of methoxy groups -OCH3 is 1. The zero-order valence-corrected chi connectivity index (χ0v) is 25.9. The zero-order chi connectivity index (χ0) is 30.6. The van der Waals surface area contributed by atoms with E-state index in [1.54, 1.807) is 44.2 Å². The summed E-state index contributed by atoms with van der Waals surface area (Å²) in [6.45, 7) is 9.49. The Labute approximate surface area is 257 Å². The van der Waals surface area contributed by atoms with E-state index in [-0.39, 0.29) is 24.5 Å². The first-order valence-corrected chi connectivity index (χ1v) is 14.1. The second-order valence-corrected chi connectivity index (χ2v) is 9.81. The highest BCUT2D eigenvalue weighted by Gasteiger charge is 2.32. The number of nitrogens with one attached hydrogen (secondary N) is 3. The van der Waals surface area contributed by atoms with Gasteiger partial charge in [-0.05, 0) is 78.8 Å². The Morgan fingerprint density at radius 1 is 1.10 bits per heavy atom. The topological polar surface area (TPSA) is 146 Å². The lowest BCUT2D eigenvalue weighted by Crippen LogP contribution is -2.45. The molecular weight excluding hydrogens is 659 g/mol. The molecular formula is C29H33IN4O8. The summed E-state index contributed by atoms with van der Waals surface area (Å²) in [7, 11) is 1.44. The van der Waals surface area contributed by atoms with Gasteiger partial charge in [0.2, 0.25) is 0 Å². The molecule has 1 atom stereocenters. The molecule has 0 spiro atoms. The van der Waals surface area contributed by atoms with Gasteiger partial charge in [-0.1, -0.05) is 18.7 Å². The molecule has 0 unspecified atom stereocenters. The number of hydrogen-bond acceptors (Lipinski definition) is 9. The highest BCUT2D eigenvalue weighted by Crippen LogP contribution is 2.35. The second kappa shape index (κ2) is 15.7. The van der Waals surface area contributed by atoms with Gasteiger partial charge in [0.15, 0.2) is 29.6 Å². The summed E-state index contributed by atoms with van der Waals surface area (Å²) in [4.78, 5) is 37.2. The summed E-state index contributed by atoms with van der Waals surface area (Å²) < 4.78 is 28.5. The molecule has 3 N–H and O–H groups in total. The van der Waals surface area contributed by atoms with E-state index >= 15 is 0 Å². The predicted octanol–water partition coefficient (Wildman–Crippen LogP) is 3.98. The van der Waals surface area contributed by atoms with Crippen LogP contribution in [0.15, 0.2) is 59.4 Å². The number of carbonyl (C=O) groups excluding carboxylic acids is 3. The lowest BCUT2D eigenvalue weighted by atomic mass is 9.95. The van der Waals surface area contributed by atoms with Crippen molar-refractivity contribution < 1.29 is 38.1 Å². The summed E-state index contributed by atoms with van der Waals surface area (Å²) >= 11 is 2.14. The monoisotopic (exact) mass is 692 g/mol. The van der Waals surface area contributed by atoms with Crippen molar-refractivity contribution in [3.05, 3.63) is 69.0 Å². The molecule has 0 saturated heterocycles. The van der Waals surface area contributed by atoms with Crippen LogP contribution in [-0.2, 0) is 14.3 Å². The Morgan fingerprint density at radius 3 is 2.57 bits per heavy atom. The molecule has 0 bridgehead atoms. The fourth-order valence-corrected chi connectivity index (χ4v) is 4.75. The number of rotatable bonds is 14. The van der Waals surface area contributed by atoms with Crippen LogP contribution in [0.1, 0.15) is 37.9 Å². The van der Waals surface area contributed by atoms with E-state index in [9.17, 15) is 14.4 Å². The number of allylic oxidation sites excluding steroid dienone is 1. The van der Waals surface area contributed by atoms with Gasteiger partial charge in [-0.2, -0.15) is 5.10 Å². The van der Waals surface area contributed by atoms with Crippen LogP contribution >= 0.6 is 22.6 Å². The van der Waals surface area contributed by atoms with Gasteiger partial charge in [-0.25, -0.2) is 15.0 Å². The van der Waals surface area contributed by atoms with Crippen LogP contribution in [-0.4, -0.2) is 57.7 Å². The zero-order valence-electron chi connectivity index (χ0n) is 23.7. The molecule has 3 rings (SSSR count). The highest BCUT2D eigenvalue weighted by atomic mass is 127. The van der Waals surface area contributed by atoms with Gasteiger partial charge < -0.3 is 34.3 Å². The summed E-state index contributed by atoms with van der Waals surface area (Å²) in [5.74, 6) is 0.695. The van der Waals surface area contributed by atoms with Gasteiger partial charge in [0.05, 0.1) is 41.7 Å². The van der Waals surface area contributed by atoms with Crippen molar-refractivity contribution in [3.63, 3.8) is 0 Å². The third kappa shape index (κ3) is 8.38. The molecule has 224 valence electrons. The summed E-state index contributed by atoms with van der Waals surface area (Å²) in [6.07, 6.45) is 3.13. The molecule has 1 aliphatic heterocycles. The van der Waals surface area contributed by atoms with Crippen LogP contribution in [0.4, 0.5) is 4.79 Å². The fraction of sp³-hybridized carbons (Fsp3) is 0.310. The minimum Gasteiger partial charge on any atom is -0.493 e. The Balaban J connectivity index is 1.67. The standard InChI is InChI=1S/C29H33IN4O8/c1-6-11-41-27-20(30)12-18(13-23(27)39-7-2)15-31-34-24(35)16-42-21-10-9-19(14-22(21)38-5)26-25(28(36)40-8-3)17(4)32-29(37)33-26/h6,9-10,12-15,26H,1,7-8,11,16H2,2-5H3,(H,34,35)(H2,32,33,37)/b31-15+/t26-/m1/s1. The normalized spacial score (nSPS) is 14.5. The largest absolute Gasteiger partial charge is 0.493 e. The highest BCUT2D eigenvalue weighted by molar-refractivity contribution is 14.1. The van der Waals surface area contributed by atoms with E-state index in [1.165, 1.54) is 13.3 Å². The molecule has 1 aliphatic rings. The number of ether oxygens (including phenoxy) is 5. The maximum Gasteiger partial charge on any atom is 0.338 e. The average Bonchev–Trinajstić information content (AvgIpc) is 2.95. The number of amides is 3. The summed E-state index contributed by atoms with van der Waals surface area (Å²) in [5, 5.41) is 9.34. The van der Waals surface area contributed by atoms with E-state index < -0.39 is 23.9 Å². The van der Waals surface area contributed by atoms with E-state index in [4.69, 9.17) is 23.7 Å². The number of nitrogens with zero attached hydrogens (tertiary/aromatic N) is 1. The van der Waals surface area contributed by atoms with Crippen molar-refractivity contribution in [2.75, 3.05) is 33.5 Å². The number of esters is 1. The Kier molecular flexibility index (Phi) is 12.0. The molecule has 0 aromatic heterocycles. The van der Waals surface area contributed by atoms with Crippen molar-refractivity contribution in [3.8, 4) is 23.0 Å². The van der Waals surface area contributed by atoms with Gasteiger partial charge in [0.25, 0.3) is 5.91 Å². The van der Waals surface area contributed by atoms with E-state index in [2.05, 4.69) is 50.3 Å². The third-order valence-corrected chi connectivity index (χ3v) is 6.53. The Bertz CT molecular complexity index is 1390. The minimum atomic E-state index is -0.771. The molecule has 1 heterocycles. The van der Waals surface area contributed by atoms with Crippen molar-refractivity contribution in [1.82, 2.24) is 16.1 Å². The first-order chi connectivity index (χ1) is 20.2. The number of benzene rings is 2. The Hall–Kier alpha value is -4.27. The second-order valence-electron chi connectivity index (χ2n) is 8.65. The van der Waals surface area contributed by atoms with E-state index in [1.807, 2.05) is 13.0 Å². The molecule has 0 aliphatic carbocycles. The van der Waals surface area contributed by atoms with E-state index in [0.29, 0.717) is 47.3 Å². The summed E-state index contributed by atoms with van der Waals surface area (Å²) in [6, 6.07) is 7.25. The van der Waals surface area contributed by atoms with Crippen molar-refractivity contribution >= 4 is 46.7 Å². The number of hydrazone groups is 1. The predicted molar refractivity (Wildman–Crippen MR) is 164 cm³/mol. The van der Waals surface area contributed by atoms with E-state index in [0.717, 1.165) is 3.57 Å². The van der Waals surface area contributed by atoms with Crippen molar-refractivity contribution in [2.24, 2.45) is 5.10 Å². The quantitative estimate of drug-likeness (QED) is 0.0887. The molecule has 13 heteroatoms. The van der Waals surface area contributed by atoms with Gasteiger partial charge >= 0.3 is 12.0 Å². The summed E-state index contributed by atoms with van der Waals surface area (Å²) in [5.41, 5.74) is 4.35. The lowest BCUT2D eigenvalue weighted by Gasteiger charge is -2.28.